The smallest absolute Gasteiger partial charge is 0.332 e. The Morgan fingerprint density at radius 1 is 1.11 bits per heavy atom. The Hall–Kier alpha value is -2.81. The first-order valence-corrected chi connectivity index (χ1v) is 9.14. The van der Waals surface area contributed by atoms with Crippen molar-refractivity contribution in [2.45, 2.75) is 18.2 Å². The zero-order chi connectivity index (χ0) is 20.1. The van der Waals surface area contributed by atoms with E-state index < -0.39 is 29.6 Å². The molecule has 0 aliphatic heterocycles. The van der Waals surface area contributed by atoms with E-state index in [-0.39, 0.29) is 17.8 Å². The number of ether oxygens (including phenoxy) is 1. The van der Waals surface area contributed by atoms with E-state index in [1.54, 1.807) is 0 Å². The number of hydrogen-bond acceptors (Lipinski definition) is 7. The molecule has 144 valence electrons. The maximum absolute atomic E-state index is 12.2. The van der Waals surface area contributed by atoms with Crippen molar-refractivity contribution in [3.8, 4) is 0 Å². The third-order valence-corrected chi connectivity index (χ3v) is 4.96. The van der Waals surface area contributed by atoms with Gasteiger partial charge in [0.15, 0.2) is 6.61 Å². The quantitative estimate of drug-likeness (QED) is 0.423. The summed E-state index contributed by atoms with van der Waals surface area (Å²) in [6.07, 6.45) is 0.118. The first-order valence-electron chi connectivity index (χ1n) is 8.16. The number of carbonyl (C=O) groups excluding carboxylic acids is 2. The van der Waals surface area contributed by atoms with Crippen LogP contribution in [0.25, 0.3) is 0 Å². The van der Waals surface area contributed by atoms with Crippen LogP contribution in [0, 0.1) is 6.92 Å². The minimum absolute atomic E-state index is 0.118. The van der Waals surface area contributed by atoms with Crippen LogP contribution in [0.1, 0.15) is 22.3 Å². The summed E-state index contributed by atoms with van der Waals surface area (Å²) in [6, 6.07) is 7.90. The van der Waals surface area contributed by atoms with Crippen LogP contribution in [-0.2, 0) is 23.6 Å². The fraction of sp³-hybridized carbons (Fsp3) is 0.333. The molecule has 2 rings (SSSR count). The molecule has 0 unspecified atom stereocenters. The minimum Gasteiger partial charge on any atom is -0.457 e. The Morgan fingerprint density at radius 2 is 1.74 bits per heavy atom. The highest BCUT2D eigenvalue weighted by atomic mass is 32.2. The van der Waals surface area contributed by atoms with Crippen molar-refractivity contribution in [3.05, 3.63) is 56.2 Å². The summed E-state index contributed by atoms with van der Waals surface area (Å²) in [6.45, 7) is 1.39. The number of hydrogen-bond donors (Lipinski definition) is 1. The highest BCUT2D eigenvalue weighted by molar-refractivity contribution is 7.99. The molecule has 1 heterocycles. The van der Waals surface area contributed by atoms with Crippen molar-refractivity contribution in [1.82, 2.24) is 9.13 Å². The van der Waals surface area contributed by atoms with Crippen LogP contribution in [0.2, 0.25) is 0 Å². The Morgan fingerprint density at radius 3 is 2.37 bits per heavy atom. The van der Waals surface area contributed by atoms with Gasteiger partial charge in [-0.15, -0.1) is 11.8 Å². The van der Waals surface area contributed by atoms with Crippen molar-refractivity contribution >= 4 is 29.3 Å². The molecular weight excluding hydrogens is 370 g/mol. The van der Waals surface area contributed by atoms with E-state index in [1.165, 1.54) is 25.9 Å². The average molecular weight is 391 g/mol. The number of nitrogens with two attached hydrogens (primary N) is 1. The molecule has 2 N–H and O–H groups in total. The number of rotatable bonds is 7. The molecule has 2 aromatic rings. The van der Waals surface area contributed by atoms with Gasteiger partial charge in [0.25, 0.3) is 5.56 Å². The lowest BCUT2D eigenvalue weighted by molar-refractivity contribution is -0.141. The van der Waals surface area contributed by atoms with Gasteiger partial charge >= 0.3 is 11.7 Å². The predicted octanol–water partition coefficient (Wildman–Crippen LogP) is 0.883. The molecule has 0 atom stereocenters. The number of nitrogen functional groups attached to an aromatic ring is 1. The maximum atomic E-state index is 12.2. The van der Waals surface area contributed by atoms with E-state index in [2.05, 4.69) is 0 Å². The van der Waals surface area contributed by atoms with Crippen LogP contribution in [0.15, 0.2) is 38.8 Å². The monoisotopic (exact) mass is 391 g/mol. The molecule has 0 saturated carbocycles. The van der Waals surface area contributed by atoms with Gasteiger partial charge in [-0.05, 0) is 19.1 Å². The van der Waals surface area contributed by atoms with Crippen LogP contribution < -0.4 is 17.0 Å². The summed E-state index contributed by atoms with van der Waals surface area (Å²) >= 11 is 1.50. The molecule has 0 fully saturated rings. The number of thioether (sulfide) groups is 1. The van der Waals surface area contributed by atoms with E-state index in [4.69, 9.17) is 10.5 Å². The molecular formula is C18H21N3O5S. The summed E-state index contributed by atoms with van der Waals surface area (Å²) < 4.78 is 6.72. The van der Waals surface area contributed by atoms with Gasteiger partial charge in [0, 0.05) is 24.7 Å². The van der Waals surface area contributed by atoms with Gasteiger partial charge in [0.2, 0.25) is 5.78 Å². The first-order chi connectivity index (χ1) is 12.7. The lowest BCUT2D eigenvalue weighted by Gasteiger charge is -2.11. The van der Waals surface area contributed by atoms with Crippen LogP contribution in [0.5, 0.6) is 0 Å². The standard InChI is InChI=1S/C18H21N3O5S/c1-11-4-6-12(7-5-11)27-9-8-14(23)26-10-13(22)15-16(19)20(2)18(25)21(3)17(15)24/h4-7H,8-10,19H2,1-3H3. The number of nitrogens with zero attached hydrogens (tertiary/aromatic N) is 2. The molecule has 0 aliphatic carbocycles. The number of esters is 1. The second kappa shape index (κ2) is 8.72. The third-order valence-electron chi connectivity index (χ3n) is 3.95. The summed E-state index contributed by atoms with van der Waals surface area (Å²) in [7, 11) is 2.59. The normalized spacial score (nSPS) is 10.6. The van der Waals surface area contributed by atoms with E-state index in [0.717, 1.165) is 19.6 Å². The van der Waals surface area contributed by atoms with Gasteiger partial charge in [-0.25, -0.2) is 4.79 Å². The van der Waals surface area contributed by atoms with E-state index in [0.29, 0.717) is 5.75 Å². The highest BCUT2D eigenvalue weighted by Crippen LogP contribution is 2.19. The van der Waals surface area contributed by atoms with Crippen molar-refractivity contribution < 1.29 is 14.3 Å². The first kappa shape index (κ1) is 20.5. The Labute approximate surface area is 159 Å². The predicted molar refractivity (Wildman–Crippen MR) is 103 cm³/mol. The largest absolute Gasteiger partial charge is 0.457 e. The van der Waals surface area contributed by atoms with E-state index in [9.17, 15) is 19.2 Å². The zero-order valence-electron chi connectivity index (χ0n) is 15.4. The summed E-state index contributed by atoms with van der Waals surface area (Å²) in [4.78, 5) is 49.0. The number of anilines is 1. The van der Waals surface area contributed by atoms with Crippen molar-refractivity contribution in [1.29, 1.82) is 0 Å². The van der Waals surface area contributed by atoms with Gasteiger partial charge in [-0.3, -0.25) is 23.5 Å². The van der Waals surface area contributed by atoms with Gasteiger partial charge < -0.3 is 10.5 Å². The number of Topliss-reactive ketones (excluding diaryl/α,β-unsaturated/α-hetero) is 1. The molecule has 0 amide bonds. The van der Waals surface area contributed by atoms with Crippen molar-refractivity contribution in [2.75, 3.05) is 18.1 Å². The second-order valence-electron chi connectivity index (χ2n) is 5.96. The summed E-state index contributed by atoms with van der Waals surface area (Å²) in [5.41, 5.74) is 5.04. The van der Waals surface area contributed by atoms with E-state index >= 15 is 0 Å². The molecule has 0 saturated heterocycles. The lowest BCUT2D eigenvalue weighted by Crippen LogP contribution is -2.42. The third kappa shape index (κ3) is 4.88. The van der Waals surface area contributed by atoms with E-state index in [1.807, 2.05) is 31.2 Å². The number of aryl methyl sites for hydroxylation is 1. The molecule has 0 radical (unpaired) electrons. The Kier molecular flexibility index (Phi) is 6.62. The van der Waals surface area contributed by atoms with Gasteiger partial charge in [-0.1, -0.05) is 17.7 Å². The molecule has 0 bridgehead atoms. The van der Waals surface area contributed by atoms with Crippen LogP contribution in [0.4, 0.5) is 5.82 Å². The maximum Gasteiger partial charge on any atom is 0.332 e. The van der Waals surface area contributed by atoms with Crippen molar-refractivity contribution in [2.24, 2.45) is 14.1 Å². The molecule has 0 aliphatic rings. The molecule has 8 nitrogen and oxygen atoms in total. The molecule has 9 heteroatoms. The topological polar surface area (TPSA) is 113 Å². The van der Waals surface area contributed by atoms with Gasteiger partial charge in [-0.2, -0.15) is 0 Å². The van der Waals surface area contributed by atoms with Crippen LogP contribution in [0.3, 0.4) is 0 Å². The van der Waals surface area contributed by atoms with Gasteiger partial charge in [0.1, 0.15) is 11.4 Å². The SMILES string of the molecule is Cc1ccc(SCCC(=O)OCC(=O)c2c(N)n(C)c(=O)n(C)c2=O)cc1. The number of aromatic nitrogens is 2. The zero-order valence-corrected chi connectivity index (χ0v) is 16.2. The number of ketones is 1. The minimum atomic E-state index is -0.813. The Bertz CT molecular complexity index is 976. The summed E-state index contributed by atoms with van der Waals surface area (Å²) in [5, 5.41) is 0. The summed E-state index contributed by atoms with van der Waals surface area (Å²) in [5.74, 6) is -1.05. The fourth-order valence-corrected chi connectivity index (χ4v) is 3.13. The van der Waals surface area contributed by atoms with Crippen molar-refractivity contribution in [3.63, 3.8) is 0 Å². The number of benzene rings is 1. The average Bonchev–Trinajstić information content (AvgIpc) is 2.65. The van der Waals surface area contributed by atoms with Crippen LogP contribution in [-0.4, -0.2) is 33.2 Å². The molecule has 27 heavy (non-hydrogen) atoms. The Balaban J connectivity index is 1.92. The molecule has 1 aromatic carbocycles. The fourth-order valence-electron chi connectivity index (χ4n) is 2.30. The van der Waals surface area contributed by atoms with Gasteiger partial charge in [0.05, 0.1) is 6.42 Å². The molecule has 1 aromatic heterocycles. The number of carbonyl (C=O) groups is 2. The lowest BCUT2D eigenvalue weighted by atomic mass is 10.2. The highest BCUT2D eigenvalue weighted by Gasteiger charge is 2.21. The second-order valence-corrected chi connectivity index (χ2v) is 7.13. The van der Waals surface area contributed by atoms with Crippen LogP contribution >= 0.6 is 11.8 Å². The molecule has 0 spiro atoms.